The van der Waals surface area contributed by atoms with Crippen molar-refractivity contribution in [3.05, 3.63) is 65.0 Å². The Balaban J connectivity index is 2.13. The van der Waals surface area contributed by atoms with Gasteiger partial charge < -0.3 is 9.84 Å². The van der Waals surface area contributed by atoms with Crippen LogP contribution >= 0.6 is 0 Å². The van der Waals surface area contributed by atoms with E-state index in [1.54, 1.807) is 0 Å². The van der Waals surface area contributed by atoms with E-state index in [0.29, 0.717) is 5.56 Å². The molecule has 0 aliphatic heterocycles. The largest absolute Gasteiger partial charge is 0.486 e. The van der Waals surface area contributed by atoms with Crippen LogP contribution in [0.1, 0.15) is 24.2 Å². The molecule has 0 saturated carbocycles. The fourth-order valence-electron chi connectivity index (χ4n) is 1.71. The summed E-state index contributed by atoms with van der Waals surface area (Å²) in [5.41, 5.74) is 0.413. The van der Waals surface area contributed by atoms with E-state index in [0.717, 1.165) is 12.1 Å². The van der Waals surface area contributed by atoms with Crippen molar-refractivity contribution in [2.45, 2.75) is 19.6 Å². The zero-order valence-electron chi connectivity index (χ0n) is 10.7. The quantitative estimate of drug-likeness (QED) is 0.925. The summed E-state index contributed by atoms with van der Waals surface area (Å²) in [6.07, 6.45) is -0.792. The van der Waals surface area contributed by atoms with Crippen LogP contribution in [0.5, 0.6) is 5.75 Å². The molecule has 1 N–H and O–H groups in total. The van der Waals surface area contributed by atoms with Gasteiger partial charge in [0.2, 0.25) is 0 Å². The minimum Gasteiger partial charge on any atom is -0.486 e. The first-order chi connectivity index (χ1) is 9.49. The minimum absolute atomic E-state index is 0.00371. The van der Waals surface area contributed by atoms with Gasteiger partial charge in [-0.15, -0.1) is 0 Å². The monoisotopic (exact) mass is 282 g/mol. The van der Waals surface area contributed by atoms with Gasteiger partial charge in [-0.05, 0) is 30.7 Å². The van der Waals surface area contributed by atoms with Crippen LogP contribution in [0, 0.1) is 17.5 Å². The molecule has 0 saturated heterocycles. The Morgan fingerprint density at radius 2 is 1.85 bits per heavy atom. The van der Waals surface area contributed by atoms with Crippen molar-refractivity contribution in [3.63, 3.8) is 0 Å². The van der Waals surface area contributed by atoms with Crippen LogP contribution in [0.3, 0.4) is 0 Å². The van der Waals surface area contributed by atoms with Crippen LogP contribution in [-0.2, 0) is 6.61 Å². The van der Waals surface area contributed by atoms with Crippen LogP contribution < -0.4 is 4.74 Å². The molecule has 0 radical (unpaired) electrons. The Labute approximate surface area is 114 Å². The van der Waals surface area contributed by atoms with Crippen molar-refractivity contribution < 1.29 is 23.0 Å². The fourth-order valence-corrected chi connectivity index (χ4v) is 1.71. The number of aliphatic hydroxyl groups is 1. The van der Waals surface area contributed by atoms with E-state index in [2.05, 4.69) is 0 Å². The summed E-state index contributed by atoms with van der Waals surface area (Å²) in [5, 5.41) is 9.32. The second kappa shape index (κ2) is 5.96. The summed E-state index contributed by atoms with van der Waals surface area (Å²) >= 11 is 0. The normalized spacial score (nSPS) is 12.2. The van der Waals surface area contributed by atoms with Gasteiger partial charge in [0.1, 0.15) is 6.61 Å². The van der Waals surface area contributed by atoms with Crippen LogP contribution in [-0.4, -0.2) is 5.11 Å². The zero-order chi connectivity index (χ0) is 14.7. The maximum Gasteiger partial charge on any atom is 0.165 e. The van der Waals surface area contributed by atoms with Gasteiger partial charge in [0.25, 0.3) is 0 Å². The van der Waals surface area contributed by atoms with Crippen LogP contribution in [0.4, 0.5) is 13.2 Å². The molecule has 0 aliphatic rings. The number of aliphatic hydroxyl groups excluding tert-OH is 1. The highest BCUT2D eigenvalue weighted by Gasteiger charge is 2.11. The molecule has 0 spiro atoms. The molecule has 20 heavy (non-hydrogen) atoms. The molecule has 5 heteroatoms. The molecular weight excluding hydrogens is 269 g/mol. The van der Waals surface area contributed by atoms with E-state index in [1.165, 1.54) is 31.2 Å². The molecule has 2 nitrogen and oxygen atoms in total. The average Bonchev–Trinajstić information content (AvgIpc) is 2.41. The molecule has 106 valence electrons. The van der Waals surface area contributed by atoms with Crippen molar-refractivity contribution in [3.8, 4) is 5.75 Å². The lowest BCUT2D eigenvalue weighted by molar-refractivity contribution is 0.198. The predicted molar refractivity (Wildman–Crippen MR) is 67.7 cm³/mol. The summed E-state index contributed by atoms with van der Waals surface area (Å²) in [7, 11) is 0. The lowest BCUT2D eigenvalue weighted by atomic mass is 10.1. The number of hydrogen-bond acceptors (Lipinski definition) is 2. The molecule has 1 atom stereocenters. The highest BCUT2D eigenvalue weighted by molar-refractivity contribution is 5.30. The van der Waals surface area contributed by atoms with E-state index >= 15 is 0 Å². The molecule has 0 aliphatic carbocycles. The summed E-state index contributed by atoms with van der Waals surface area (Å²) in [5.74, 6) is -2.73. The molecule has 0 aromatic heterocycles. The van der Waals surface area contributed by atoms with Crippen LogP contribution in [0.15, 0.2) is 36.4 Å². The summed E-state index contributed by atoms with van der Waals surface area (Å²) < 4.78 is 45.2. The van der Waals surface area contributed by atoms with E-state index in [4.69, 9.17) is 4.74 Å². The van der Waals surface area contributed by atoms with Gasteiger partial charge in [0.15, 0.2) is 23.2 Å². The van der Waals surface area contributed by atoms with Crippen molar-refractivity contribution in [1.82, 2.24) is 0 Å². The third-order valence-corrected chi connectivity index (χ3v) is 2.85. The first kappa shape index (κ1) is 14.4. The fraction of sp³-hybridized carbons (Fsp3) is 0.200. The molecule has 0 heterocycles. The van der Waals surface area contributed by atoms with Crippen molar-refractivity contribution >= 4 is 0 Å². The van der Waals surface area contributed by atoms with Gasteiger partial charge in [0.05, 0.1) is 6.10 Å². The van der Waals surface area contributed by atoms with E-state index in [-0.39, 0.29) is 17.9 Å². The molecule has 2 rings (SSSR count). The standard InChI is InChI=1S/C15H13F3O2/c1-9(19)10-5-6-14(13(17)7-10)20-8-11-3-2-4-12(16)15(11)18/h2-7,9,19H,8H2,1H3. The second-order valence-electron chi connectivity index (χ2n) is 4.37. The molecular formula is C15H13F3O2. The van der Waals surface area contributed by atoms with Gasteiger partial charge >= 0.3 is 0 Å². The molecule has 0 bridgehead atoms. The van der Waals surface area contributed by atoms with Gasteiger partial charge in [-0.25, -0.2) is 13.2 Å². The van der Waals surface area contributed by atoms with Gasteiger partial charge in [0, 0.05) is 5.56 Å². The van der Waals surface area contributed by atoms with E-state index in [1.807, 2.05) is 0 Å². The first-order valence-electron chi connectivity index (χ1n) is 6.02. The Bertz CT molecular complexity index is 612. The van der Waals surface area contributed by atoms with Crippen molar-refractivity contribution in [2.75, 3.05) is 0 Å². The number of hydrogen-bond donors (Lipinski definition) is 1. The number of ether oxygens (including phenoxy) is 1. The maximum absolute atomic E-state index is 13.7. The summed E-state index contributed by atoms with van der Waals surface area (Å²) in [4.78, 5) is 0. The molecule has 0 amide bonds. The summed E-state index contributed by atoms with van der Waals surface area (Å²) in [6, 6.07) is 7.70. The van der Waals surface area contributed by atoms with Crippen molar-refractivity contribution in [1.29, 1.82) is 0 Å². The third kappa shape index (κ3) is 3.11. The van der Waals surface area contributed by atoms with Crippen molar-refractivity contribution in [2.24, 2.45) is 0 Å². The van der Waals surface area contributed by atoms with E-state index < -0.39 is 23.6 Å². The highest BCUT2D eigenvalue weighted by Crippen LogP contribution is 2.23. The van der Waals surface area contributed by atoms with Gasteiger partial charge in [-0.2, -0.15) is 0 Å². The first-order valence-corrected chi connectivity index (χ1v) is 6.02. The molecule has 2 aromatic carbocycles. The minimum atomic E-state index is -1.01. The predicted octanol–water partition coefficient (Wildman–Crippen LogP) is 3.74. The lowest BCUT2D eigenvalue weighted by Crippen LogP contribution is -2.02. The summed E-state index contributed by atoms with van der Waals surface area (Å²) in [6.45, 7) is 1.23. The molecule has 1 unspecified atom stereocenters. The molecule has 2 aromatic rings. The third-order valence-electron chi connectivity index (χ3n) is 2.85. The molecule has 0 fully saturated rings. The topological polar surface area (TPSA) is 29.5 Å². The van der Waals surface area contributed by atoms with Crippen LogP contribution in [0.25, 0.3) is 0 Å². The maximum atomic E-state index is 13.7. The Morgan fingerprint density at radius 3 is 2.50 bits per heavy atom. The second-order valence-corrected chi connectivity index (χ2v) is 4.37. The van der Waals surface area contributed by atoms with E-state index in [9.17, 15) is 18.3 Å². The smallest absolute Gasteiger partial charge is 0.165 e. The number of halogens is 3. The number of benzene rings is 2. The Hall–Kier alpha value is -2.01. The SMILES string of the molecule is CC(O)c1ccc(OCc2cccc(F)c2F)c(F)c1. The van der Waals surface area contributed by atoms with Gasteiger partial charge in [-0.1, -0.05) is 18.2 Å². The lowest BCUT2D eigenvalue weighted by Gasteiger charge is -2.10. The Kier molecular flexibility index (Phi) is 4.29. The van der Waals surface area contributed by atoms with Gasteiger partial charge in [-0.3, -0.25) is 0 Å². The Morgan fingerprint density at radius 1 is 1.10 bits per heavy atom. The highest BCUT2D eigenvalue weighted by atomic mass is 19.2. The average molecular weight is 282 g/mol. The van der Waals surface area contributed by atoms with Crippen LogP contribution in [0.2, 0.25) is 0 Å². The zero-order valence-corrected chi connectivity index (χ0v) is 10.7. The number of rotatable bonds is 4.